The summed E-state index contributed by atoms with van der Waals surface area (Å²) in [5, 5.41) is 0. The van der Waals surface area contributed by atoms with E-state index in [0.717, 1.165) is 5.56 Å². The molecule has 2 heterocycles. The van der Waals surface area contributed by atoms with E-state index in [1.807, 2.05) is 6.26 Å². The third kappa shape index (κ3) is 3.72. The first kappa shape index (κ1) is 18.4. The number of benzene rings is 1. The number of aromatic nitrogens is 3. The summed E-state index contributed by atoms with van der Waals surface area (Å²) in [6.45, 7) is -1.39. The number of thioether (sulfide) groups is 1. The van der Waals surface area contributed by atoms with Crippen LogP contribution in [0.1, 0.15) is 5.56 Å². The predicted octanol–water partition coefficient (Wildman–Crippen LogP) is 3.50. The van der Waals surface area contributed by atoms with E-state index < -0.39 is 12.8 Å². The molecule has 3 aromatic rings. The molecule has 0 saturated carbocycles. The summed E-state index contributed by atoms with van der Waals surface area (Å²) >= 11 is 1.60. The van der Waals surface area contributed by atoms with Crippen molar-refractivity contribution in [2.45, 2.75) is 11.9 Å². The summed E-state index contributed by atoms with van der Waals surface area (Å²) in [5.41, 5.74) is 2.03. The Morgan fingerprint density at radius 3 is 2.77 bits per heavy atom. The Kier molecular flexibility index (Phi) is 4.99. The Hall–Kier alpha value is -2.42. The first-order chi connectivity index (χ1) is 12.3. The number of nitrogens with zero attached hydrogens (tertiary/aromatic N) is 3. The molecule has 138 valence electrons. The standard InChI is InChI=1S/C17H16F3N3O2S/c1-22-7-14(23-10-21-6-13(23)16(22)24)12-5-11(8-26-2)3-4-15(12)25-9-17(18,19)20/h3-7,10H,8-9H2,1-2H3. The molecule has 26 heavy (non-hydrogen) atoms. The second-order valence-electron chi connectivity index (χ2n) is 5.75. The zero-order valence-electron chi connectivity index (χ0n) is 14.1. The Labute approximate surface area is 151 Å². The average Bonchev–Trinajstić information content (AvgIpc) is 3.06. The smallest absolute Gasteiger partial charge is 0.422 e. The fourth-order valence-electron chi connectivity index (χ4n) is 2.65. The van der Waals surface area contributed by atoms with Crippen molar-refractivity contribution in [3.8, 4) is 17.0 Å². The molecule has 2 aromatic heterocycles. The topological polar surface area (TPSA) is 48.5 Å². The second kappa shape index (κ2) is 7.06. The lowest BCUT2D eigenvalue weighted by atomic mass is 10.1. The number of aryl methyl sites for hydroxylation is 1. The first-order valence-electron chi connectivity index (χ1n) is 7.63. The number of alkyl halides is 3. The molecule has 0 amide bonds. The zero-order valence-corrected chi connectivity index (χ0v) is 14.9. The molecular formula is C17H16F3N3O2S. The molecule has 0 radical (unpaired) electrons. The van der Waals surface area contributed by atoms with Gasteiger partial charge in [-0.1, -0.05) is 6.07 Å². The van der Waals surface area contributed by atoms with Crippen molar-refractivity contribution in [1.82, 2.24) is 14.0 Å². The van der Waals surface area contributed by atoms with Crippen LogP contribution in [0, 0.1) is 0 Å². The number of fused-ring (bicyclic) bond motifs is 1. The molecule has 1 aromatic carbocycles. The Morgan fingerprint density at radius 2 is 2.08 bits per heavy atom. The van der Waals surface area contributed by atoms with Crippen LogP contribution in [0.15, 0.2) is 41.7 Å². The van der Waals surface area contributed by atoms with Gasteiger partial charge in [-0.3, -0.25) is 9.20 Å². The molecule has 5 nitrogen and oxygen atoms in total. The van der Waals surface area contributed by atoms with Crippen LogP contribution in [0.4, 0.5) is 13.2 Å². The molecule has 0 atom stereocenters. The molecule has 9 heteroatoms. The van der Waals surface area contributed by atoms with Gasteiger partial charge in [-0.2, -0.15) is 24.9 Å². The number of ether oxygens (including phenoxy) is 1. The highest BCUT2D eigenvalue weighted by atomic mass is 32.2. The van der Waals surface area contributed by atoms with E-state index in [1.54, 1.807) is 41.5 Å². The van der Waals surface area contributed by atoms with Crippen LogP contribution in [0.5, 0.6) is 5.75 Å². The molecular weight excluding hydrogens is 367 g/mol. The van der Waals surface area contributed by atoms with E-state index in [4.69, 9.17) is 4.74 Å². The van der Waals surface area contributed by atoms with Crippen molar-refractivity contribution in [3.63, 3.8) is 0 Å². The normalized spacial score (nSPS) is 11.9. The largest absolute Gasteiger partial charge is 0.483 e. The fraction of sp³-hybridized carbons (Fsp3) is 0.294. The van der Waals surface area contributed by atoms with Crippen LogP contribution in [0.2, 0.25) is 0 Å². The number of imidazole rings is 1. The van der Waals surface area contributed by atoms with Crippen LogP contribution in [-0.2, 0) is 12.8 Å². The van der Waals surface area contributed by atoms with Gasteiger partial charge in [0.1, 0.15) is 11.3 Å². The molecule has 0 bridgehead atoms. The highest BCUT2D eigenvalue weighted by Gasteiger charge is 2.29. The number of hydrogen-bond donors (Lipinski definition) is 0. The third-order valence-electron chi connectivity index (χ3n) is 3.78. The van der Waals surface area contributed by atoms with E-state index in [2.05, 4.69) is 4.98 Å². The average molecular weight is 383 g/mol. The first-order valence-corrected chi connectivity index (χ1v) is 9.03. The van der Waals surface area contributed by atoms with Crippen LogP contribution in [-0.4, -0.2) is 33.0 Å². The van der Waals surface area contributed by atoms with Crippen molar-refractivity contribution in [3.05, 3.63) is 52.8 Å². The van der Waals surface area contributed by atoms with Crippen molar-refractivity contribution in [2.24, 2.45) is 7.05 Å². The molecule has 0 unspecified atom stereocenters. The highest BCUT2D eigenvalue weighted by molar-refractivity contribution is 7.97. The molecule has 0 aliphatic rings. The molecule has 0 aliphatic heterocycles. The van der Waals surface area contributed by atoms with E-state index in [1.165, 1.54) is 23.2 Å². The Bertz CT molecular complexity index is 995. The van der Waals surface area contributed by atoms with Crippen molar-refractivity contribution < 1.29 is 17.9 Å². The minimum atomic E-state index is -4.44. The van der Waals surface area contributed by atoms with E-state index in [9.17, 15) is 18.0 Å². The van der Waals surface area contributed by atoms with Gasteiger partial charge >= 0.3 is 6.18 Å². The Balaban J connectivity index is 2.18. The maximum absolute atomic E-state index is 12.6. The van der Waals surface area contributed by atoms with E-state index in [0.29, 0.717) is 22.5 Å². The van der Waals surface area contributed by atoms with Gasteiger partial charge in [0, 0.05) is 24.6 Å². The van der Waals surface area contributed by atoms with Gasteiger partial charge < -0.3 is 9.30 Å². The SMILES string of the molecule is CSCc1ccc(OCC(F)(F)F)c(-c2cn(C)c(=O)c3cncn23)c1. The van der Waals surface area contributed by atoms with Crippen LogP contribution in [0.25, 0.3) is 16.8 Å². The summed E-state index contributed by atoms with van der Waals surface area (Å²) in [5.74, 6) is 0.798. The molecule has 0 fully saturated rings. The quantitative estimate of drug-likeness (QED) is 0.677. The van der Waals surface area contributed by atoms with Gasteiger partial charge in [-0.15, -0.1) is 0 Å². The van der Waals surface area contributed by atoms with Crippen LogP contribution in [0.3, 0.4) is 0 Å². The monoisotopic (exact) mass is 383 g/mol. The number of rotatable bonds is 5. The summed E-state index contributed by atoms with van der Waals surface area (Å²) in [4.78, 5) is 16.2. The Morgan fingerprint density at radius 1 is 1.31 bits per heavy atom. The molecule has 0 saturated heterocycles. The van der Waals surface area contributed by atoms with Crippen molar-refractivity contribution >= 4 is 17.3 Å². The maximum atomic E-state index is 12.6. The highest BCUT2D eigenvalue weighted by Crippen LogP contribution is 2.33. The van der Waals surface area contributed by atoms with E-state index in [-0.39, 0.29) is 11.3 Å². The summed E-state index contributed by atoms with van der Waals surface area (Å²) in [6, 6.07) is 5.04. The summed E-state index contributed by atoms with van der Waals surface area (Å²) in [6.07, 6.45) is 1.95. The molecule has 3 rings (SSSR count). The minimum Gasteiger partial charge on any atom is -0.483 e. The van der Waals surface area contributed by atoms with Gasteiger partial charge in [0.05, 0.1) is 18.2 Å². The van der Waals surface area contributed by atoms with Gasteiger partial charge in [-0.05, 0) is 24.0 Å². The van der Waals surface area contributed by atoms with Gasteiger partial charge in [0.25, 0.3) is 5.56 Å². The van der Waals surface area contributed by atoms with Crippen molar-refractivity contribution in [1.29, 1.82) is 0 Å². The third-order valence-corrected chi connectivity index (χ3v) is 4.40. The van der Waals surface area contributed by atoms with Gasteiger partial charge in [0.15, 0.2) is 6.61 Å². The lowest BCUT2D eigenvalue weighted by Gasteiger charge is -2.16. The lowest BCUT2D eigenvalue weighted by molar-refractivity contribution is -0.153. The molecule has 0 aliphatic carbocycles. The number of halogens is 3. The van der Waals surface area contributed by atoms with Crippen molar-refractivity contribution in [2.75, 3.05) is 12.9 Å². The second-order valence-corrected chi connectivity index (χ2v) is 6.61. The summed E-state index contributed by atoms with van der Waals surface area (Å²) < 4.78 is 45.8. The van der Waals surface area contributed by atoms with E-state index >= 15 is 0 Å². The zero-order chi connectivity index (χ0) is 18.9. The maximum Gasteiger partial charge on any atom is 0.422 e. The molecule has 0 N–H and O–H groups in total. The fourth-order valence-corrected chi connectivity index (χ4v) is 3.16. The minimum absolute atomic E-state index is 0.0980. The predicted molar refractivity (Wildman–Crippen MR) is 94.6 cm³/mol. The van der Waals surface area contributed by atoms with Crippen LogP contribution >= 0.6 is 11.8 Å². The number of hydrogen-bond acceptors (Lipinski definition) is 4. The van der Waals surface area contributed by atoms with Gasteiger partial charge in [0.2, 0.25) is 0 Å². The molecule has 0 spiro atoms. The van der Waals surface area contributed by atoms with Gasteiger partial charge in [-0.25, -0.2) is 4.98 Å². The summed E-state index contributed by atoms with van der Waals surface area (Å²) in [7, 11) is 1.58. The lowest BCUT2D eigenvalue weighted by Crippen LogP contribution is -2.20. The van der Waals surface area contributed by atoms with Crippen LogP contribution < -0.4 is 10.3 Å².